The smallest absolute Gasteiger partial charge is 0.306 e. The van der Waals surface area contributed by atoms with E-state index < -0.39 is 38.7 Å². The van der Waals surface area contributed by atoms with E-state index in [0.29, 0.717) is 47.0 Å². The average molecular weight is 670 g/mol. The molecule has 1 aliphatic rings. The van der Waals surface area contributed by atoms with Crippen LogP contribution in [0.1, 0.15) is 78.7 Å². The Labute approximate surface area is 279 Å². The van der Waals surface area contributed by atoms with E-state index in [0.717, 1.165) is 17.5 Å². The first kappa shape index (κ1) is 33.3. The molecular formula is C38H40FN3O5S. The van der Waals surface area contributed by atoms with Crippen LogP contribution in [0.25, 0.3) is 22.2 Å². The minimum Gasteiger partial charge on any atom is -0.481 e. The number of aryl methyl sites for hydroxylation is 1. The second-order valence-corrected chi connectivity index (χ2v) is 16.0. The van der Waals surface area contributed by atoms with Gasteiger partial charge in [0.2, 0.25) is 0 Å². The molecule has 2 N–H and O–H groups in total. The summed E-state index contributed by atoms with van der Waals surface area (Å²) in [5.74, 6) is -2.86. The summed E-state index contributed by atoms with van der Waals surface area (Å²) in [4.78, 5) is 28.6. The Morgan fingerprint density at radius 1 is 1.10 bits per heavy atom. The second kappa shape index (κ2) is 13.1. The molecule has 48 heavy (non-hydrogen) atoms. The maximum absolute atomic E-state index is 15.7. The highest BCUT2D eigenvalue weighted by Gasteiger charge is 2.29. The van der Waals surface area contributed by atoms with Crippen molar-refractivity contribution in [3.8, 4) is 11.3 Å². The van der Waals surface area contributed by atoms with Crippen LogP contribution in [0.5, 0.6) is 0 Å². The molecule has 2 aromatic heterocycles. The van der Waals surface area contributed by atoms with Gasteiger partial charge in [-0.05, 0) is 72.1 Å². The number of aromatic nitrogens is 3. The first-order valence-electron chi connectivity index (χ1n) is 16.3. The minimum absolute atomic E-state index is 0.00854. The number of benzene rings is 3. The molecule has 0 radical (unpaired) electrons. The van der Waals surface area contributed by atoms with E-state index in [1.807, 2.05) is 61.1 Å². The molecule has 0 saturated heterocycles. The quantitative estimate of drug-likeness (QED) is 0.205. The Kier molecular flexibility index (Phi) is 9.13. The van der Waals surface area contributed by atoms with Gasteiger partial charge in [0.25, 0.3) is 0 Å². The number of carbonyl (C=O) groups excluding carboxylic acids is 1. The molecule has 1 aliphatic heterocycles. The molecule has 3 aromatic carbocycles. The Balaban J connectivity index is 1.45. The molecule has 4 bridgehead atoms. The van der Waals surface area contributed by atoms with Crippen LogP contribution in [0, 0.1) is 17.2 Å². The predicted octanol–water partition coefficient (Wildman–Crippen LogP) is 7.42. The van der Waals surface area contributed by atoms with Gasteiger partial charge in [0.05, 0.1) is 34.7 Å². The van der Waals surface area contributed by atoms with Crippen LogP contribution in [0.2, 0.25) is 0 Å². The summed E-state index contributed by atoms with van der Waals surface area (Å²) >= 11 is 0. The monoisotopic (exact) mass is 669 g/mol. The number of H-pyrrole nitrogens is 1. The second-order valence-electron chi connectivity index (χ2n) is 13.8. The number of nitrogens with zero attached hydrogens (tertiary/aromatic N) is 2. The fourth-order valence-electron chi connectivity index (χ4n) is 6.97. The lowest BCUT2D eigenvalue weighted by Crippen LogP contribution is -2.27. The summed E-state index contributed by atoms with van der Waals surface area (Å²) in [6, 6.07) is 19.6. The molecule has 2 atom stereocenters. The molecule has 0 aliphatic carbocycles. The van der Waals surface area contributed by atoms with Crippen LogP contribution < -0.4 is 0 Å². The summed E-state index contributed by atoms with van der Waals surface area (Å²) in [5.41, 5.74) is 3.76. The van der Waals surface area contributed by atoms with Crippen molar-refractivity contribution in [2.24, 2.45) is 11.3 Å². The van der Waals surface area contributed by atoms with E-state index in [1.165, 1.54) is 6.07 Å². The Hall–Kier alpha value is -4.57. The maximum Gasteiger partial charge on any atom is 0.306 e. The van der Waals surface area contributed by atoms with Crippen molar-refractivity contribution in [1.29, 1.82) is 0 Å². The summed E-state index contributed by atoms with van der Waals surface area (Å²) in [5, 5.41) is 15.0. The number of ketones is 1. The first-order valence-corrected chi connectivity index (χ1v) is 18.1. The predicted molar refractivity (Wildman–Crippen MR) is 184 cm³/mol. The number of carboxylic acids is 1. The van der Waals surface area contributed by atoms with Gasteiger partial charge in [0.1, 0.15) is 5.82 Å². The maximum atomic E-state index is 15.7. The lowest BCUT2D eigenvalue weighted by molar-refractivity contribution is -0.141. The Morgan fingerprint density at radius 2 is 1.88 bits per heavy atom. The van der Waals surface area contributed by atoms with Crippen molar-refractivity contribution in [3.05, 3.63) is 113 Å². The molecule has 6 rings (SSSR count). The van der Waals surface area contributed by atoms with Crippen molar-refractivity contribution in [1.82, 2.24) is 14.8 Å². The van der Waals surface area contributed by atoms with Crippen molar-refractivity contribution in [2.75, 3.05) is 11.5 Å². The molecule has 8 nitrogen and oxygen atoms in total. The molecule has 10 heteroatoms. The fourth-order valence-corrected chi connectivity index (χ4v) is 8.96. The number of rotatable bonds is 4. The molecule has 0 saturated carbocycles. The van der Waals surface area contributed by atoms with Crippen LogP contribution in [0.15, 0.2) is 79.1 Å². The zero-order valence-electron chi connectivity index (χ0n) is 27.4. The van der Waals surface area contributed by atoms with Crippen LogP contribution in [-0.4, -0.2) is 51.5 Å². The summed E-state index contributed by atoms with van der Waals surface area (Å²) in [7, 11) is -3.58. The number of halogens is 1. The lowest BCUT2D eigenvalue weighted by atomic mass is 9.87. The average Bonchev–Trinajstić information content (AvgIpc) is 3.71. The third kappa shape index (κ3) is 7.13. The van der Waals surface area contributed by atoms with Crippen LogP contribution in [0.3, 0.4) is 0 Å². The summed E-state index contributed by atoms with van der Waals surface area (Å²) in [6.45, 7) is 5.59. The van der Waals surface area contributed by atoms with Gasteiger partial charge in [-0.15, -0.1) is 0 Å². The Morgan fingerprint density at radius 3 is 2.67 bits per heavy atom. The highest BCUT2D eigenvalue weighted by molar-refractivity contribution is 7.91. The number of nitrogens with one attached hydrogen (secondary N) is 1. The van der Waals surface area contributed by atoms with Gasteiger partial charge >= 0.3 is 5.97 Å². The molecule has 0 amide bonds. The fraction of sp³-hybridized carbons (Fsp3) is 0.342. The third-order valence-electron chi connectivity index (χ3n) is 9.40. The van der Waals surface area contributed by atoms with Crippen molar-refractivity contribution in [3.63, 3.8) is 0 Å². The number of fused-ring (bicyclic) bond motifs is 8. The third-order valence-corrected chi connectivity index (χ3v) is 11.4. The highest BCUT2D eigenvalue weighted by atomic mass is 32.2. The summed E-state index contributed by atoms with van der Waals surface area (Å²) < 4.78 is 44.8. The van der Waals surface area contributed by atoms with Gasteiger partial charge < -0.3 is 10.1 Å². The molecule has 3 heterocycles. The van der Waals surface area contributed by atoms with Gasteiger partial charge in [-0.25, -0.2) is 12.8 Å². The minimum atomic E-state index is -3.58. The normalized spacial score (nSPS) is 18.8. The zero-order valence-corrected chi connectivity index (χ0v) is 28.2. The van der Waals surface area contributed by atoms with E-state index in [4.69, 9.17) is 5.10 Å². The van der Waals surface area contributed by atoms with Gasteiger partial charge in [-0.2, -0.15) is 5.10 Å². The van der Waals surface area contributed by atoms with Crippen LogP contribution >= 0.6 is 0 Å². The van der Waals surface area contributed by atoms with Crippen molar-refractivity contribution in [2.45, 2.75) is 58.9 Å². The molecular weight excluding hydrogens is 629 g/mol. The van der Waals surface area contributed by atoms with Gasteiger partial charge in [-0.1, -0.05) is 69.7 Å². The molecule has 1 unspecified atom stereocenters. The molecule has 5 aromatic rings. The van der Waals surface area contributed by atoms with Gasteiger partial charge in [0.15, 0.2) is 15.6 Å². The van der Waals surface area contributed by atoms with Crippen molar-refractivity contribution < 1.29 is 27.5 Å². The number of carbonyl (C=O) groups is 2. The summed E-state index contributed by atoms with van der Waals surface area (Å²) in [6.07, 6.45) is 6.00. The van der Waals surface area contributed by atoms with Gasteiger partial charge in [0, 0.05) is 34.4 Å². The lowest BCUT2D eigenvalue weighted by Gasteiger charge is -2.26. The largest absolute Gasteiger partial charge is 0.481 e. The number of sulfone groups is 1. The molecule has 0 spiro atoms. The van der Waals surface area contributed by atoms with Crippen molar-refractivity contribution >= 4 is 32.5 Å². The van der Waals surface area contributed by atoms with E-state index in [-0.39, 0.29) is 35.1 Å². The van der Waals surface area contributed by atoms with Crippen LogP contribution in [-0.2, 0) is 27.5 Å². The molecule has 0 fully saturated rings. The van der Waals surface area contributed by atoms with E-state index in [9.17, 15) is 23.1 Å². The topological polar surface area (TPSA) is 122 Å². The highest BCUT2D eigenvalue weighted by Crippen LogP contribution is 2.34. The number of carboxylic acid groups (broad SMARTS) is 1. The Bertz CT molecular complexity index is 2110. The number of aliphatic carboxylic acids is 1. The number of aromatic amines is 1. The van der Waals surface area contributed by atoms with Crippen LogP contribution in [0.4, 0.5) is 4.39 Å². The van der Waals surface area contributed by atoms with E-state index in [2.05, 4.69) is 4.98 Å². The first-order chi connectivity index (χ1) is 22.8. The molecule has 250 valence electrons. The van der Waals surface area contributed by atoms with E-state index >= 15 is 4.39 Å². The SMILES string of the molecule is C[C@@H](Cc1cccc(C2CCCC(C)(C)CS(=O)(=O)CCc3c(c(F)cc4[nH]ccc34)C(=O)c3cccc(c3)-c3ccn2n3)c1)C(=O)O. The zero-order chi connectivity index (χ0) is 34.2. The standard InChI is InChI=1S/C38H40FN3O5S/c1-24(37(44)45)19-25-7-4-9-27(20-25)34-11-6-15-38(2,3)23-48(46,47)18-14-30-29-12-16-40-33(29)22-31(39)35(30)36(43)28-10-5-8-26(21-28)32-13-17-42(34)41-32/h4-5,7-10,12-13,16-17,20-22,24,34,40H,6,11,14-15,18-19,23H2,1-3H3,(H,44,45)/t24-,34?/m0/s1. The van der Waals surface area contributed by atoms with E-state index in [1.54, 1.807) is 37.4 Å². The number of hydrogen-bond donors (Lipinski definition) is 2. The number of hydrogen-bond acceptors (Lipinski definition) is 5. The van der Waals surface area contributed by atoms with Gasteiger partial charge in [-0.3, -0.25) is 14.3 Å².